The molecule has 0 fully saturated rings. The first kappa shape index (κ1) is 15.6. The van der Waals surface area contributed by atoms with Gasteiger partial charge in [-0.25, -0.2) is 9.59 Å². The molecule has 3 N–H and O–H groups in total. The smallest absolute Gasteiger partial charge is 0.335 e. The number of nitrogens with one attached hydrogen (secondary N) is 2. The Morgan fingerprint density at radius 3 is 2.18 bits per heavy atom. The highest BCUT2D eigenvalue weighted by molar-refractivity contribution is 5.87. The average molecular weight is 298 g/mol. The zero-order chi connectivity index (χ0) is 15.8. The van der Waals surface area contributed by atoms with Gasteiger partial charge in [-0.15, -0.1) is 0 Å². The van der Waals surface area contributed by atoms with Crippen molar-refractivity contribution in [1.29, 1.82) is 0 Å². The lowest BCUT2D eigenvalue weighted by molar-refractivity contribution is 0.0697. The van der Waals surface area contributed by atoms with E-state index in [1.165, 1.54) is 17.7 Å². The number of rotatable bonds is 6. The number of carboxylic acids is 1. The molecule has 0 aliphatic rings. The summed E-state index contributed by atoms with van der Waals surface area (Å²) in [5, 5.41) is 14.3. The molecule has 5 nitrogen and oxygen atoms in total. The molecule has 0 aliphatic heterocycles. The van der Waals surface area contributed by atoms with Gasteiger partial charge in [0.15, 0.2) is 0 Å². The summed E-state index contributed by atoms with van der Waals surface area (Å²) >= 11 is 0. The predicted molar refractivity (Wildman–Crippen MR) is 83.8 cm³/mol. The van der Waals surface area contributed by atoms with Gasteiger partial charge in [0, 0.05) is 13.1 Å². The third kappa shape index (κ3) is 4.94. The largest absolute Gasteiger partial charge is 0.478 e. The molecule has 0 aliphatic carbocycles. The summed E-state index contributed by atoms with van der Waals surface area (Å²) in [7, 11) is 0. The quantitative estimate of drug-likeness (QED) is 0.766. The summed E-state index contributed by atoms with van der Waals surface area (Å²) in [4.78, 5) is 22.4. The lowest BCUT2D eigenvalue weighted by atomic mass is 10.1. The van der Waals surface area contributed by atoms with Gasteiger partial charge < -0.3 is 15.7 Å². The summed E-state index contributed by atoms with van der Waals surface area (Å²) in [5.74, 6) is -0.960. The van der Waals surface area contributed by atoms with Crippen molar-refractivity contribution < 1.29 is 14.7 Å². The number of hydrogen-bond acceptors (Lipinski definition) is 2. The highest BCUT2D eigenvalue weighted by atomic mass is 16.4. The Morgan fingerprint density at radius 2 is 1.55 bits per heavy atom. The third-order valence-corrected chi connectivity index (χ3v) is 3.20. The van der Waals surface area contributed by atoms with E-state index < -0.39 is 5.97 Å². The van der Waals surface area contributed by atoms with Gasteiger partial charge in [-0.2, -0.15) is 0 Å². The van der Waals surface area contributed by atoms with Crippen molar-refractivity contribution in [3.63, 3.8) is 0 Å². The van der Waals surface area contributed by atoms with Crippen LogP contribution in [0.2, 0.25) is 0 Å². The van der Waals surface area contributed by atoms with Crippen LogP contribution in [0.1, 0.15) is 21.5 Å². The van der Waals surface area contributed by atoms with E-state index in [1.807, 2.05) is 30.3 Å². The van der Waals surface area contributed by atoms with E-state index in [0.717, 1.165) is 12.0 Å². The molecule has 114 valence electrons. The minimum Gasteiger partial charge on any atom is -0.478 e. The maximum atomic E-state index is 11.7. The SMILES string of the molecule is O=C(NCCc1ccccc1)NCc1ccc(C(=O)O)cc1. The first-order valence-electron chi connectivity index (χ1n) is 7.03. The number of amides is 2. The van der Waals surface area contributed by atoms with Crippen molar-refractivity contribution in [2.24, 2.45) is 0 Å². The Labute approximate surface area is 129 Å². The van der Waals surface area contributed by atoms with Crippen LogP contribution in [-0.4, -0.2) is 23.7 Å². The summed E-state index contributed by atoms with van der Waals surface area (Å²) in [6.45, 7) is 0.921. The van der Waals surface area contributed by atoms with E-state index in [2.05, 4.69) is 10.6 Å². The number of aromatic carboxylic acids is 1. The van der Waals surface area contributed by atoms with Gasteiger partial charge in [-0.3, -0.25) is 0 Å². The normalized spacial score (nSPS) is 10.0. The molecule has 0 spiro atoms. The molecule has 2 aromatic carbocycles. The van der Waals surface area contributed by atoms with Crippen LogP contribution in [-0.2, 0) is 13.0 Å². The molecule has 0 saturated carbocycles. The van der Waals surface area contributed by atoms with Crippen LogP contribution >= 0.6 is 0 Å². The van der Waals surface area contributed by atoms with E-state index >= 15 is 0 Å². The summed E-state index contributed by atoms with van der Waals surface area (Å²) < 4.78 is 0. The van der Waals surface area contributed by atoms with Crippen molar-refractivity contribution in [3.8, 4) is 0 Å². The molecular formula is C17H18N2O3. The zero-order valence-electron chi connectivity index (χ0n) is 12.1. The topological polar surface area (TPSA) is 78.4 Å². The average Bonchev–Trinajstić information content (AvgIpc) is 2.54. The number of carbonyl (C=O) groups excluding carboxylic acids is 1. The fraction of sp³-hybridized carbons (Fsp3) is 0.176. The van der Waals surface area contributed by atoms with Crippen LogP contribution in [0.15, 0.2) is 54.6 Å². The van der Waals surface area contributed by atoms with Crippen LogP contribution in [0.25, 0.3) is 0 Å². The second kappa shape index (κ2) is 7.83. The Kier molecular flexibility index (Phi) is 5.54. The zero-order valence-corrected chi connectivity index (χ0v) is 12.1. The maximum absolute atomic E-state index is 11.7. The molecule has 2 amide bonds. The molecule has 2 aromatic rings. The van der Waals surface area contributed by atoms with Crippen molar-refractivity contribution in [2.75, 3.05) is 6.54 Å². The maximum Gasteiger partial charge on any atom is 0.335 e. The van der Waals surface area contributed by atoms with Crippen molar-refractivity contribution in [3.05, 3.63) is 71.3 Å². The monoisotopic (exact) mass is 298 g/mol. The summed E-state index contributed by atoms with van der Waals surface area (Å²) in [5.41, 5.74) is 2.26. The Bertz CT molecular complexity index is 624. The number of carboxylic acid groups (broad SMARTS) is 1. The van der Waals surface area contributed by atoms with Gasteiger partial charge in [0.2, 0.25) is 0 Å². The summed E-state index contributed by atoms with van der Waals surface area (Å²) in [6, 6.07) is 16.1. The van der Waals surface area contributed by atoms with E-state index in [9.17, 15) is 9.59 Å². The molecule has 22 heavy (non-hydrogen) atoms. The molecule has 5 heteroatoms. The number of urea groups is 1. The van der Waals surface area contributed by atoms with Crippen molar-refractivity contribution in [2.45, 2.75) is 13.0 Å². The van der Waals surface area contributed by atoms with Crippen molar-refractivity contribution >= 4 is 12.0 Å². The molecule has 0 bridgehead atoms. The molecular weight excluding hydrogens is 280 g/mol. The highest BCUT2D eigenvalue weighted by Crippen LogP contribution is 2.04. The van der Waals surface area contributed by atoms with Gasteiger partial charge in [-0.1, -0.05) is 42.5 Å². The highest BCUT2D eigenvalue weighted by Gasteiger charge is 2.03. The minimum absolute atomic E-state index is 0.232. The van der Waals surface area contributed by atoms with E-state index in [0.29, 0.717) is 13.1 Å². The standard InChI is InChI=1S/C17H18N2O3/c20-16(21)15-8-6-14(7-9-15)12-19-17(22)18-11-10-13-4-2-1-3-5-13/h1-9H,10-12H2,(H,20,21)(H2,18,19,22). The second-order valence-corrected chi connectivity index (χ2v) is 4.85. The lowest BCUT2D eigenvalue weighted by Crippen LogP contribution is -2.36. The van der Waals surface area contributed by atoms with Gasteiger partial charge in [0.25, 0.3) is 0 Å². The number of carbonyl (C=O) groups is 2. The lowest BCUT2D eigenvalue weighted by Gasteiger charge is -2.08. The minimum atomic E-state index is -0.960. The molecule has 0 aromatic heterocycles. The fourth-order valence-electron chi connectivity index (χ4n) is 1.98. The van der Waals surface area contributed by atoms with Crippen LogP contribution in [0, 0.1) is 0 Å². The van der Waals surface area contributed by atoms with Crippen LogP contribution in [0.4, 0.5) is 4.79 Å². The van der Waals surface area contributed by atoms with E-state index in [4.69, 9.17) is 5.11 Å². The second-order valence-electron chi connectivity index (χ2n) is 4.85. The Balaban J connectivity index is 1.70. The van der Waals surface area contributed by atoms with Crippen LogP contribution in [0.5, 0.6) is 0 Å². The Hall–Kier alpha value is -2.82. The molecule has 0 atom stereocenters. The summed E-state index contributed by atoms with van der Waals surface area (Å²) in [6.07, 6.45) is 0.779. The third-order valence-electron chi connectivity index (χ3n) is 3.20. The predicted octanol–water partition coefficient (Wildman–Crippen LogP) is 2.43. The molecule has 2 rings (SSSR count). The van der Waals surface area contributed by atoms with Crippen molar-refractivity contribution in [1.82, 2.24) is 10.6 Å². The first-order chi connectivity index (χ1) is 10.6. The number of benzene rings is 2. The fourth-order valence-corrected chi connectivity index (χ4v) is 1.98. The Morgan fingerprint density at radius 1 is 0.864 bits per heavy atom. The van der Waals surface area contributed by atoms with Gasteiger partial charge in [0.05, 0.1) is 5.56 Å². The first-order valence-corrected chi connectivity index (χ1v) is 7.03. The number of hydrogen-bond donors (Lipinski definition) is 3. The van der Waals surface area contributed by atoms with E-state index in [1.54, 1.807) is 12.1 Å². The van der Waals surface area contributed by atoms with Crippen LogP contribution < -0.4 is 10.6 Å². The molecule has 0 unspecified atom stereocenters. The van der Waals surface area contributed by atoms with Gasteiger partial charge >= 0.3 is 12.0 Å². The molecule has 0 heterocycles. The molecule has 0 saturated heterocycles. The molecule has 0 radical (unpaired) electrons. The van der Waals surface area contributed by atoms with Crippen LogP contribution in [0.3, 0.4) is 0 Å². The van der Waals surface area contributed by atoms with Gasteiger partial charge in [-0.05, 0) is 29.7 Å². The van der Waals surface area contributed by atoms with Gasteiger partial charge in [0.1, 0.15) is 0 Å². The van der Waals surface area contributed by atoms with E-state index in [-0.39, 0.29) is 11.6 Å².